The summed E-state index contributed by atoms with van der Waals surface area (Å²) in [5.41, 5.74) is 4.20. The highest BCUT2D eigenvalue weighted by Gasteiger charge is 2.21. The Morgan fingerprint density at radius 1 is 1.37 bits per heavy atom. The second kappa shape index (κ2) is 5.72. The fourth-order valence-corrected chi connectivity index (χ4v) is 3.62. The number of nitrogens with one attached hydrogen (secondary N) is 1. The molecule has 1 aromatic rings. The van der Waals surface area contributed by atoms with Gasteiger partial charge in [0.1, 0.15) is 5.75 Å². The van der Waals surface area contributed by atoms with Crippen molar-refractivity contribution in [1.82, 2.24) is 5.32 Å². The van der Waals surface area contributed by atoms with Gasteiger partial charge in [-0.15, -0.1) is 0 Å². The molecule has 3 heteroatoms. The predicted molar refractivity (Wildman–Crippen MR) is 79.3 cm³/mol. The number of piperidine rings is 1. The summed E-state index contributed by atoms with van der Waals surface area (Å²) in [5, 5.41) is 4.24. The monoisotopic (exact) mass is 279 g/mol. The number of hydrogen-bond donors (Lipinski definition) is 1. The molecule has 0 spiro atoms. The Bertz CT molecular complexity index is 466. The maximum absolute atomic E-state index is 6.40. The van der Waals surface area contributed by atoms with E-state index in [2.05, 4.69) is 18.3 Å². The highest BCUT2D eigenvalue weighted by molar-refractivity contribution is 6.32. The largest absolute Gasteiger partial charge is 0.492 e. The van der Waals surface area contributed by atoms with Gasteiger partial charge in [0.15, 0.2) is 0 Å². The first-order valence-electron chi connectivity index (χ1n) is 7.40. The van der Waals surface area contributed by atoms with Crippen molar-refractivity contribution >= 4 is 11.6 Å². The normalized spacial score (nSPS) is 19.9. The van der Waals surface area contributed by atoms with E-state index in [4.69, 9.17) is 16.3 Å². The smallest absolute Gasteiger partial charge is 0.141 e. The maximum Gasteiger partial charge on any atom is 0.141 e. The number of benzene rings is 1. The third kappa shape index (κ3) is 2.75. The molecule has 0 amide bonds. The Morgan fingerprint density at radius 3 is 2.95 bits per heavy atom. The van der Waals surface area contributed by atoms with Crippen molar-refractivity contribution in [3.63, 3.8) is 0 Å². The molecule has 2 aliphatic rings. The summed E-state index contributed by atoms with van der Waals surface area (Å²) in [6, 6.07) is 2.14. The number of fused-ring (bicyclic) bond motifs is 1. The molecule has 2 nitrogen and oxygen atoms in total. The third-order valence-electron chi connectivity index (χ3n) is 4.51. The average Bonchev–Trinajstić information content (AvgIpc) is 2.46. The van der Waals surface area contributed by atoms with Crippen molar-refractivity contribution in [3.8, 4) is 5.75 Å². The molecular formula is C16H22ClNO. The van der Waals surface area contributed by atoms with Gasteiger partial charge in [-0.1, -0.05) is 11.6 Å². The van der Waals surface area contributed by atoms with Gasteiger partial charge in [-0.25, -0.2) is 0 Å². The zero-order chi connectivity index (χ0) is 13.2. The quantitative estimate of drug-likeness (QED) is 0.894. The van der Waals surface area contributed by atoms with Crippen LogP contribution in [-0.4, -0.2) is 19.7 Å². The second-order valence-corrected chi connectivity index (χ2v) is 6.21. The van der Waals surface area contributed by atoms with Crippen molar-refractivity contribution < 1.29 is 4.74 Å². The van der Waals surface area contributed by atoms with Gasteiger partial charge in [0, 0.05) is 0 Å². The molecule has 1 fully saturated rings. The third-order valence-corrected chi connectivity index (χ3v) is 4.79. The van der Waals surface area contributed by atoms with E-state index in [0.717, 1.165) is 49.2 Å². The Hall–Kier alpha value is -0.730. The van der Waals surface area contributed by atoms with E-state index in [-0.39, 0.29) is 0 Å². The van der Waals surface area contributed by atoms with E-state index in [1.54, 1.807) is 0 Å². The SMILES string of the molecule is Cc1c(CC2CCNCC2)cc(Cl)c2c1CCCO2. The minimum Gasteiger partial charge on any atom is -0.492 e. The average molecular weight is 280 g/mol. The number of ether oxygens (including phenoxy) is 1. The second-order valence-electron chi connectivity index (χ2n) is 5.80. The Morgan fingerprint density at radius 2 is 2.16 bits per heavy atom. The lowest BCUT2D eigenvalue weighted by atomic mass is 9.87. The van der Waals surface area contributed by atoms with E-state index >= 15 is 0 Å². The lowest BCUT2D eigenvalue weighted by molar-refractivity contribution is 0.287. The van der Waals surface area contributed by atoms with Gasteiger partial charge >= 0.3 is 0 Å². The van der Waals surface area contributed by atoms with Crippen LogP contribution >= 0.6 is 11.6 Å². The van der Waals surface area contributed by atoms with Crippen LogP contribution < -0.4 is 10.1 Å². The first-order chi connectivity index (χ1) is 9.25. The van der Waals surface area contributed by atoms with Gasteiger partial charge in [-0.3, -0.25) is 0 Å². The molecule has 1 N–H and O–H groups in total. The van der Waals surface area contributed by atoms with Crippen LogP contribution in [0.1, 0.15) is 36.0 Å². The molecule has 0 bridgehead atoms. The summed E-state index contributed by atoms with van der Waals surface area (Å²) in [6.45, 7) is 5.36. The molecule has 0 unspecified atom stereocenters. The molecular weight excluding hydrogens is 258 g/mol. The molecule has 2 aliphatic heterocycles. The fourth-order valence-electron chi connectivity index (χ4n) is 3.32. The van der Waals surface area contributed by atoms with Gasteiger partial charge in [-0.05, 0) is 80.8 Å². The van der Waals surface area contributed by atoms with Gasteiger partial charge < -0.3 is 10.1 Å². The van der Waals surface area contributed by atoms with Crippen LogP contribution in [0.15, 0.2) is 6.07 Å². The van der Waals surface area contributed by atoms with Crippen LogP contribution in [0.3, 0.4) is 0 Å². The highest BCUT2D eigenvalue weighted by atomic mass is 35.5. The molecule has 3 rings (SSSR count). The van der Waals surface area contributed by atoms with Crippen LogP contribution in [0.2, 0.25) is 5.02 Å². The summed E-state index contributed by atoms with van der Waals surface area (Å²) in [5.74, 6) is 1.75. The number of hydrogen-bond acceptors (Lipinski definition) is 2. The zero-order valence-corrected chi connectivity index (χ0v) is 12.4. The Labute approximate surface area is 120 Å². The van der Waals surface area contributed by atoms with E-state index in [1.807, 2.05) is 0 Å². The van der Waals surface area contributed by atoms with E-state index in [1.165, 1.54) is 36.0 Å². The molecule has 2 heterocycles. The molecule has 0 atom stereocenters. The fraction of sp³-hybridized carbons (Fsp3) is 0.625. The van der Waals surface area contributed by atoms with Gasteiger partial charge in [0.05, 0.1) is 11.6 Å². The first-order valence-corrected chi connectivity index (χ1v) is 7.78. The van der Waals surface area contributed by atoms with Crippen molar-refractivity contribution in [2.45, 2.75) is 39.0 Å². The lowest BCUT2D eigenvalue weighted by Gasteiger charge is -2.26. The van der Waals surface area contributed by atoms with Crippen molar-refractivity contribution in [1.29, 1.82) is 0 Å². The molecule has 19 heavy (non-hydrogen) atoms. The number of halogens is 1. The summed E-state index contributed by atoms with van der Waals surface area (Å²) >= 11 is 6.40. The van der Waals surface area contributed by atoms with E-state index in [0.29, 0.717) is 0 Å². The highest BCUT2D eigenvalue weighted by Crippen LogP contribution is 2.38. The van der Waals surface area contributed by atoms with Crippen LogP contribution in [0.5, 0.6) is 5.75 Å². The molecule has 0 aliphatic carbocycles. The molecule has 0 radical (unpaired) electrons. The van der Waals surface area contributed by atoms with Crippen LogP contribution in [0, 0.1) is 12.8 Å². The standard InChI is InChI=1S/C16H22ClNO/c1-11-13(9-12-4-6-18-7-5-12)10-15(17)16-14(11)3-2-8-19-16/h10,12,18H,2-9H2,1H3. The maximum atomic E-state index is 6.40. The van der Waals surface area contributed by atoms with Crippen LogP contribution in [-0.2, 0) is 12.8 Å². The minimum absolute atomic E-state index is 0.804. The molecule has 1 aromatic carbocycles. The molecule has 1 saturated heterocycles. The van der Waals surface area contributed by atoms with Crippen molar-refractivity contribution in [2.75, 3.05) is 19.7 Å². The lowest BCUT2D eigenvalue weighted by Crippen LogP contribution is -2.28. The topological polar surface area (TPSA) is 21.3 Å². The predicted octanol–water partition coefficient (Wildman–Crippen LogP) is 3.52. The molecule has 104 valence electrons. The first kappa shape index (κ1) is 13.3. The van der Waals surface area contributed by atoms with Gasteiger partial charge in [0.25, 0.3) is 0 Å². The summed E-state index contributed by atoms with van der Waals surface area (Å²) in [7, 11) is 0. The van der Waals surface area contributed by atoms with Crippen LogP contribution in [0.25, 0.3) is 0 Å². The Kier molecular flexibility index (Phi) is 3.99. The summed E-state index contributed by atoms with van der Waals surface area (Å²) in [4.78, 5) is 0. The van der Waals surface area contributed by atoms with E-state index < -0.39 is 0 Å². The summed E-state index contributed by atoms with van der Waals surface area (Å²) in [6.07, 6.45) is 5.96. The zero-order valence-electron chi connectivity index (χ0n) is 11.6. The van der Waals surface area contributed by atoms with Gasteiger partial charge in [-0.2, -0.15) is 0 Å². The van der Waals surface area contributed by atoms with Gasteiger partial charge in [0.2, 0.25) is 0 Å². The molecule has 0 saturated carbocycles. The number of rotatable bonds is 2. The van der Waals surface area contributed by atoms with Crippen LogP contribution in [0.4, 0.5) is 0 Å². The Balaban J connectivity index is 1.86. The van der Waals surface area contributed by atoms with Crippen molar-refractivity contribution in [2.24, 2.45) is 5.92 Å². The molecule has 0 aromatic heterocycles. The van der Waals surface area contributed by atoms with Crippen molar-refractivity contribution in [3.05, 3.63) is 27.8 Å². The summed E-state index contributed by atoms with van der Waals surface area (Å²) < 4.78 is 5.74. The van der Waals surface area contributed by atoms with E-state index in [9.17, 15) is 0 Å². The minimum atomic E-state index is 0.804.